The Hall–Kier alpha value is -1.83. The molecule has 3 rings (SSSR count). The molecule has 1 heterocycles. The third-order valence-electron chi connectivity index (χ3n) is 2.46. The maximum atomic E-state index is 4.53. The summed E-state index contributed by atoms with van der Waals surface area (Å²) in [5, 5.41) is 0. The van der Waals surface area contributed by atoms with Crippen LogP contribution in [0.5, 0.6) is 0 Å². The van der Waals surface area contributed by atoms with E-state index < -0.39 is 0 Å². The quantitative estimate of drug-likeness (QED) is 0.721. The standard InChI is InChI=1S/C12H10N2/c1-2-6-9(5-1)12-13-10-7-3-4-8-11(10)14-12/h1-5,7-8H,6H2,(H,13,14). The van der Waals surface area contributed by atoms with Crippen LogP contribution in [0.4, 0.5) is 0 Å². The van der Waals surface area contributed by atoms with Crippen molar-refractivity contribution in [2.24, 2.45) is 0 Å². The van der Waals surface area contributed by atoms with E-state index in [0.717, 1.165) is 23.3 Å². The van der Waals surface area contributed by atoms with Crippen LogP contribution in [-0.2, 0) is 0 Å². The molecule has 0 amide bonds. The smallest absolute Gasteiger partial charge is 0.134 e. The van der Waals surface area contributed by atoms with Gasteiger partial charge in [-0.25, -0.2) is 4.98 Å². The number of fused-ring (bicyclic) bond motifs is 1. The van der Waals surface area contributed by atoms with Crippen LogP contribution in [0.1, 0.15) is 12.2 Å². The third kappa shape index (κ3) is 1.08. The maximum absolute atomic E-state index is 4.53. The van der Waals surface area contributed by atoms with E-state index in [1.165, 1.54) is 5.57 Å². The van der Waals surface area contributed by atoms with Crippen molar-refractivity contribution in [1.82, 2.24) is 9.97 Å². The molecule has 0 bridgehead atoms. The Morgan fingerprint density at radius 1 is 1.21 bits per heavy atom. The average molecular weight is 182 g/mol. The van der Waals surface area contributed by atoms with E-state index in [2.05, 4.69) is 34.3 Å². The molecular weight excluding hydrogens is 172 g/mol. The Kier molecular flexibility index (Phi) is 1.53. The van der Waals surface area contributed by atoms with Crippen molar-refractivity contribution < 1.29 is 0 Å². The topological polar surface area (TPSA) is 28.7 Å². The highest BCUT2D eigenvalue weighted by atomic mass is 14.9. The normalized spacial score (nSPS) is 15.0. The van der Waals surface area contributed by atoms with Crippen molar-refractivity contribution >= 4 is 16.6 Å². The van der Waals surface area contributed by atoms with E-state index in [-0.39, 0.29) is 0 Å². The van der Waals surface area contributed by atoms with E-state index in [0.29, 0.717) is 0 Å². The molecule has 0 radical (unpaired) electrons. The van der Waals surface area contributed by atoms with Gasteiger partial charge in [0.1, 0.15) is 5.82 Å². The van der Waals surface area contributed by atoms with Gasteiger partial charge in [-0.2, -0.15) is 0 Å². The van der Waals surface area contributed by atoms with Crippen molar-refractivity contribution in [3.05, 3.63) is 48.3 Å². The van der Waals surface area contributed by atoms with E-state index in [9.17, 15) is 0 Å². The maximum Gasteiger partial charge on any atom is 0.134 e. The van der Waals surface area contributed by atoms with Crippen molar-refractivity contribution in [2.75, 3.05) is 0 Å². The van der Waals surface area contributed by atoms with Gasteiger partial charge in [0, 0.05) is 0 Å². The van der Waals surface area contributed by atoms with Gasteiger partial charge in [0.05, 0.1) is 11.0 Å². The van der Waals surface area contributed by atoms with Gasteiger partial charge in [-0.3, -0.25) is 0 Å². The van der Waals surface area contributed by atoms with Crippen LogP contribution >= 0.6 is 0 Å². The van der Waals surface area contributed by atoms with Crippen LogP contribution < -0.4 is 0 Å². The van der Waals surface area contributed by atoms with Gasteiger partial charge in [0.2, 0.25) is 0 Å². The first kappa shape index (κ1) is 7.56. The number of allylic oxidation sites excluding steroid dienone is 4. The number of H-pyrrole nitrogens is 1. The summed E-state index contributed by atoms with van der Waals surface area (Å²) in [6.07, 6.45) is 7.31. The Morgan fingerprint density at radius 3 is 2.93 bits per heavy atom. The lowest BCUT2D eigenvalue weighted by atomic mass is 10.2. The molecule has 0 saturated carbocycles. The molecule has 2 aromatic rings. The molecule has 1 aliphatic carbocycles. The molecule has 2 nitrogen and oxygen atoms in total. The monoisotopic (exact) mass is 182 g/mol. The summed E-state index contributed by atoms with van der Waals surface area (Å²) >= 11 is 0. The van der Waals surface area contributed by atoms with Gasteiger partial charge in [-0.15, -0.1) is 0 Å². The van der Waals surface area contributed by atoms with Crippen LogP contribution in [0.2, 0.25) is 0 Å². The minimum absolute atomic E-state index is 0.986. The summed E-state index contributed by atoms with van der Waals surface area (Å²) in [7, 11) is 0. The number of aromatic nitrogens is 2. The average Bonchev–Trinajstić information content (AvgIpc) is 2.86. The number of rotatable bonds is 1. The van der Waals surface area contributed by atoms with Gasteiger partial charge in [-0.05, 0) is 24.1 Å². The molecule has 1 N–H and O–H groups in total. The predicted octanol–water partition coefficient (Wildman–Crippen LogP) is 2.91. The number of imidazole rings is 1. The van der Waals surface area contributed by atoms with E-state index >= 15 is 0 Å². The second-order valence-corrected chi connectivity index (χ2v) is 3.43. The van der Waals surface area contributed by atoms with E-state index in [1.807, 2.05) is 18.2 Å². The molecule has 0 saturated heterocycles. The Labute approximate surface area is 82.0 Å². The second kappa shape index (κ2) is 2.84. The summed E-state index contributed by atoms with van der Waals surface area (Å²) in [5.41, 5.74) is 3.41. The first-order chi connectivity index (χ1) is 6.93. The van der Waals surface area contributed by atoms with Gasteiger partial charge in [0.25, 0.3) is 0 Å². The minimum atomic E-state index is 0.986. The Balaban J connectivity index is 2.15. The second-order valence-electron chi connectivity index (χ2n) is 3.43. The highest BCUT2D eigenvalue weighted by molar-refractivity contribution is 5.79. The summed E-state index contributed by atoms with van der Waals surface area (Å²) in [6, 6.07) is 8.10. The molecule has 14 heavy (non-hydrogen) atoms. The fourth-order valence-corrected chi connectivity index (χ4v) is 1.73. The first-order valence-electron chi connectivity index (χ1n) is 4.74. The number of nitrogens with zero attached hydrogens (tertiary/aromatic N) is 1. The molecule has 1 aromatic heterocycles. The molecule has 0 fully saturated rings. The fourth-order valence-electron chi connectivity index (χ4n) is 1.73. The van der Waals surface area contributed by atoms with Crippen molar-refractivity contribution in [1.29, 1.82) is 0 Å². The summed E-state index contributed by atoms with van der Waals surface area (Å²) in [6.45, 7) is 0. The molecular formula is C12H10N2. The van der Waals surface area contributed by atoms with Crippen LogP contribution in [0.25, 0.3) is 16.6 Å². The number of benzene rings is 1. The molecule has 0 spiro atoms. The van der Waals surface area contributed by atoms with Crippen LogP contribution in [0, 0.1) is 0 Å². The fraction of sp³-hybridized carbons (Fsp3) is 0.0833. The van der Waals surface area contributed by atoms with Crippen molar-refractivity contribution in [3.8, 4) is 0 Å². The largest absolute Gasteiger partial charge is 0.338 e. The number of aromatic amines is 1. The molecule has 1 aliphatic rings. The highest BCUT2D eigenvalue weighted by Gasteiger charge is 2.07. The highest BCUT2D eigenvalue weighted by Crippen LogP contribution is 2.22. The summed E-state index contributed by atoms with van der Waals surface area (Å²) in [4.78, 5) is 7.85. The zero-order chi connectivity index (χ0) is 9.38. The van der Waals surface area contributed by atoms with Crippen LogP contribution in [-0.4, -0.2) is 9.97 Å². The van der Waals surface area contributed by atoms with Gasteiger partial charge in [0.15, 0.2) is 0 Å². The molecule has 0 unspecified atom stereocenters. The van der Waals surface area contributed by atoms with Gasteiger partial charge < -0.3 is 4.98 Å². The zero-order valence-electron chi connectivity index (χ0n) is 7.70. The SMILES string of the molecule is C1=CCC(c2nc3ccccc3[nH]2)=C1. The lowest BCUT2D eigenvalue weighted by molar-refractivity contribution is 1.23. The zero-order valence-corrected chi connectivity index (χ0v) is 7.70. The molecule has 1 aromatic carbocycles. The first-order valence-corrected chi connectivity index (χ1v) is 4.74. The Bertz CT molecular complexity index is 499. The van der Waals surface area contributed by atoms with Crippen molar-refractivity contribution in [2.45, 2.75) is 6.42 Å². The Morgan fingerprint density at radius 2 is 2.14 bits per heavy atom. The minimum Gasteiger partial charge on any atom is -0.338 e. The predicted molar refractivity (Wildman–Crippen MR) is 57.8 cm³/mol. The molecule has 0 atom stereocenters. The van der Waals surface area contributed by atoms with Crippen molar-refractivity contribution in [3.63, 3.8) is 0 Å². The third-order valence-corrected chi connectivity index (χ3v) is 2.46. The van der Waals surface area contributed by atoms with E-state index in [4.69, 9.17) is 0 Å². The van der Waals surface area contributed by atoms with Gasteiger partial charge in [-0.1, -0.05) is 30.4 Å². The van der Waals surface area contributed by atoms with Crippen LogP contribution in [0.15, 0.2) is 42.5 Å². The lowest BCUT2D eigenvalue weighted by Crippen LogP contribution is -1.82. The molecule has 68 valence electrons. The lowest BCUT2D eigenvalue weighted by Gasteiger charge is -1.93. The number of hydrogen-bond donors (Lipinski definition) is 1. The number of hydrogen-bond acceptors (Lipinski definition) is 1. The van der Waals surface area contributed by atoms with Gasteiger partial charge >= 0.3 is 0 Å². The number of para-hydroxylation sites is 2. The van der Waals surface area contributed by atoms with E-state index in [1.54, 1.807) is 0 Å². The summed E-state index contributed by atoms with van der Waals surface area (Å²) in [5.74, 6) is 0.996. The molecule has 0 aliphatic heterocycles. The molecule has 2 heteroatoms. The number of nitrogens with one attached hydrogen (secondary N) is 1. The summed E-state index contributed by atoms with van der Waals surface area (Å²) < 4.78 is 0. The van der Waals surface area contributed by atoms with Crippen LogP contribution in [0.3, 0.4) is 0 Å².